The Morgan fingerprint density at radius 2 is 2.04 bits per heavy atom. The van der Waals surface area contributed by atoms with Crippen molar-refractivity contribution in [2.75, 3.05) is 0 Å². The third-order valence-electron chi connectivity index (χ3n) is 3.47. The topological polar surface area (TPSA) is 65.0 Å². The van der Waals surface area contributed by atoms with Gasteiger partial charge in [0.05, 0.1) is 10.6 Å². The molecule has 0 aromatic carbocycles. The van der Waals surface area contributed by atoms with Gasteiger partial charge in [-0.15, -0.1) is 12.6 Å². The van der Waals surface area contributed by atoms with Gasteiger partial charge in [0.15, 0.2) is 6.29 Å². The molecule has 3 rings (SSSR count). The SMILES string of the molecule is O=Cc1cncc(Cc2cc(COc3ccc(S)cn3)ccn2)c1Cl. The molecule has 0 saturated heterocycles. The van der Waals surface area contributed by atoms with Crippen molar-refractivity contribution in [2.24, 2.45) is 0 Å². The second kappa shape index (κ2) is 8.09. The lowest BCUT2D eigenvalue weighted by molar-refractivity contribution is 0.112. The first-order chi connectivity index (χ1) is 12.2. The Balaban J connectivity index is 1.71. The highest BCUT2D eigenvalue weighted by Gasteiger charge is 2.08. The van der Waals surface area contributed by atoms with E-state index in [1.165, 1.54) is 6.20 Å². The van der Waals surface area contributed by atoms with Crippen molar-refractivity contribution < 1.29 is 9.53 Å². The summed E-state index contributed by atoms with van der Waals surface area (Å²) in [5.41, 5.74) is 2.89. The number of carbonyl (C=O) groups excluding carboxylic acids is 1. The minimum absolute atomic E-state index is 0.370. The number of aldehydes is 1. The molecule has 0 aliphatic rings. The van der Waals surface area contributed by atoms with E-state index < -0.39 is 0 Å². The molecule has 25 heavy (non-hydrogen) atoms. The average molecular weight is 372 g/mol. The molecule has 126 valence electrons. The molecular formula is C18H14ClN3O2S. The molecule has 3 heterocycles. The van der Waals surface area contributed by atoms with E-state index >= 15 is 0 Å². The van der Waals surface area contributed by atoms with Crippen molar-refractivity contribution in [1.82, 2.24) is 15.0 Å². The fourth-order valence-electron chi connectivity index (χ4n) is 2.24. The number of ether oxygens (including phenoxy) is 1. The highest BCUT2D eigenvalue weighted by molar-refractivity contribution is 7.80. The number of hydrogen-bond donors (Lipinski definition) is 1. The molecule has 0 fully saturated rings. The highest BCUT2D eigenvalue weighted by atomic mass is 35.5. The Labute approximate surface area is 155 Å². The molecule has 3 aromatic heterocycles. The number of aromatic nitrogens is 3. The fraction of sp³-hybridized carbons (Fsp3) is 0.111. The summed E-state index contributed by atoms with van der Waals surface area (Å²) in [6.45, 7) is 0.370. The number of thiol groups is 1. The van der Waals surface area contributed by atoms with Crippen LogP contribution in [0.2, 0.25) is 5.02 Å². The lowest BCUT2D eigenvalue weighted by Crippen LogP contribution is -2.01. The van der Waals surface area contributed by atoms with E-state index in [4.69, 9.17) is 16.3 Å². The van der Waals surface area contributed by atoms with E-state index in [-0.39, 0.29) is 0 Å². The van der Waals surface area contributed by atoms with Gasteiger partial charge in [-0.25, -0.2) is 4.98 Å². The third-order valence-corrected chi connectivity index (χ3v) is 4.19. The first-order valence-corrected chi connectivity index (χ1v) is 8.27. The van der Waals surface area contributed by atoms with Gasteiger partial charge >= 0.3 is 0 Å². The van der Waals surface area contributed by atoms with Gasteiger partial charge in [-0.2, -0.15) is 0 Å². The van der Waals surface area contributed by atoms with E-state index in [0.717, 1.165) is 21.7 Å². The number of hydrogen-bond acceptors (Lipinski definition) is 6. The summed E-state index contributed by atoms with van der Waals surface area (Å²) in [4.78, 5) is 24.3. The second-order valence-corrected chi connectivity index (χ2v) is 6.19. The third kappa shape index (κ3) is 4.55. The number of carbonyl (C=O) groups is 1. The van der Waals surface area contributed by atoms with Crippen LogP contribution in [0.25, 0.3) is 0 Å². The van der Waals surface area contributed by atoms with Crippen LogP contribution < -0.4 is 4.74 Å². The maximum absolute atomic E-state index is 11.0. The van der Waals surface area contributed by atoms with Gasteiger partial charge in [0.25, 0.3) is 0 Å². The van der Waals surface area contributed by atoms with Gasteiger partial charge in [0, 0.05) is 47.9 Å². The summed E-state index contributed by atoms with van der Waals surface area (Å²) < 4.78 is 5.65. The number of pyridine rings is 3. The lowest BCUT2D eigenvalue weighted by atomic mass is 10.1. The van der Waals surface area contributed by atoms with Crippen molar-refractivity contribution in [3.63, 3.8) is 0 Å². The molecule has 0 aliphatic carbocycles. The maximum Gasteiger partial charge on any atom is 0.213 e. The minimum Gasteiger partial charge on any atom is -0.473 e. The van der Waals surface area contributed by atoms with Crippen LogP contribution in [-0.4, -0.2) is 21.2 Å². The minimum atomic E-state index is 0.370. The maximum atomic E-state index is 11.0. The van der Waals surface area contributed by atoms with Crippen LogP contribution in [-0.2, 0) is 13.0 Å². The second-order valence-electron chi connectivity index (χ2n) is 5.30. The zero-order valence-corrected chi connectivity index (χ0v) is 14.7. The molecule has 0 unspecified atom stereocenters. The Hall–Kier alpha value is -2.44. The zero-order valence-electron chi connectivity index (χ0n) is 13.1. The molecule has 0 saturated carbocycles. The van der Waals surface area contributed by atoms with E-state index in [2.05, 4.69) is 27.6 Å². The largest absolute Gasteiger partial charge is 0.473 e. The van der Waals surface area contributed by atoms with Crippen molar-refractivity contribution in [1.29, 1.82) is 0 Å². The predicted molar refractivity (Wildman–Crippen MR) is 97.5 cm³/mol. The normalized spacial score (nSPS) is 10.5. The van der Waals surface area contributed by atoms with Crippen LogP contribution in [0.1, 0.15) is 27.2 Å². The summed E-state index contributed by atoms with van der Waals surface area (Å²) >= 11 is 10.4. The Morgan fingerprint density at radius 3 is 2.80 bits per heavy atom. The van der Waals surface area contributed by atoms with E-state index in [9.17, 15) is 4.79 Å². The molecule has 0 spiro atoms. The Kier molecular flexibility index (Phi) is 5.63. The van der Waals surface area contributed by atoms with Gasteiger partial charge in [0.2, 0.25) is 5.88 Å². The van der Waals surface area contributed by atoms with Crippen molar-refractivity contribution in [3.8, 4) is 5.88 Å². The molecule has 0 bridgehead atoms. The number of halogens is 1. The molecule has 0 radical (unpaired) electrons. The smallest absolute Gasteiger partial charge is 0.213 e. The van der Waals surface area contributed by atoms with Gasteiger partial charge in [0.1, 0.15) is 6.61 Å². The lowest BCUT2D eigenvalue weighted by Gasteiger charge is -2.08. The summed E-state index contributed by atoms with van der Waals surface area (Å²) in [5.74, 6) is 0.530. The van der Waals surface area contributed by atoms with Gasteiger partial charge in [-0.05, 0) is 29.3 Å². The van der Waals surface area contributed by atoms with Crippen LogP contribution in [0.5, 0.6) is 5.88 Å². The first-order valence-electron chi connectivity index (χ1n) is 7.45. The summed E-state index contributed by atoms with van der Waals surface area (Å²) in [7, 11) is 0. The number of nitrogens with zero attached hydrogens (tertiary/aromatic N) is 3. The zero-order chi connectivity index (χ0) is 17.6. The predicted octanol–water partition coefficient (Wildman–Crippen LogP) is 3.80. The average Bonchev–Trinajstić information content (AvgIpc) is 2.63. The monoisotopic (exact) mass is 371 g/mol. The number of rotatable bonds is 6. The van der Waals surface area contributed by atoms with Crippen LogP contribution in [0, 0.1) is 0 Å². The van der Waals surface area contributed by atoms with Crippen LogP contribution in [0.4, 0.5) is 0 Å². The quantitative estimate of drug-likeness (QED) is 0.527. The molecule has 0 amide bonds. The van der Waals surface area contributed by atoms with E-state index in [1.807, 2.05) is 18.2 Å². The van der Waals surface area contributed by atoms with Crippen LogP contribution >= 0.6 is 24.2 Å². The molecular weight excluding hydrogens is 358 g/mol. The van der Waals surface area contributed by atoms with Crippen molar-refractivity contribution >= 4 is 30.5 Å². The Morgan fingerprint density at radius 1 is 1.16 bits per heavy atom. The van der Waals surface area contributed by atoms with Gasteiger partial charge < -0.3 is 4.74 Å². The molecule has 3 aromatic rings. The highest BCUT2D eigenvalue weighted by Crippen LogP contribution is 2.21. The molecule has 7 heteroatoms. The fourth-order valence-corrected chi connectivity index (χ4v) is 2.58. The first kappa shape index (κ1) is 17.4. The molecule has 5 nitrogen and oxygen atoms in total. The van der Waals surface area contributed by atoms with Crippen molar-refractivity contribution in [2.45, 2.75) is 17.9 Å². The van der Waals surface area contributed by atoms with Gasteiger partial charge in [-0.1, -0.05) is 11.6 Å². The molecule has 0 aliphatic heterocycles. The van der Waals surface area contributed by atoms with Crippen LogP contribution in [0.15, 0.2) is 53.9 Å². The summed E-state index contributed by atoms with van der Waals surface area (Å²) in [6, 6.07) is 7.38. The standard InChI is InChI=1S/C18H14ClN3O2S/c19-18-13(7-20-8-14(18)10-23)6-15-5-12(3-4-21-15)11-24-17-2-1-16(25)9-22-17/h1-5,7-10,25H,6,11H2. The molecule has 0 atom stereocenters. The van der Waals surface area contributed by atoms with Gasteiger partial charge in [-0.3, -0.25) is 14.8 Å². The van der Waals surface area contributed by atoms with Crippen LogP contribution in [0.3, 0.4) is 0 Å². The van der Waals surface area contributed by atoms with E-state index in [0.29, 0.717) is 35.8 Å². The van der Waals surface area contributed by atoms with Crippen molar-refractivity contribution in [3.05, 3.63) is 76.5 Å². The summed E-state index contributed by atoms with van der Waals surface area (Å²) in [6.07, 6.45) is 7.60. The van der Waals surface area contributed by atoms with E-state index in [1.54, 1.807) is 24.7 Å². The molecule has 0 N–H and O–H groups in total. The Bertz CT molecular complexity index is 888. The summed E-state index contributed by atoms with van der Waals surface area (Å²) in [5, 5.41) is 0.407.